The van der Waals surface area contributed by atoms with Gasteiger partial charge in [-0.15, -0.1) is 0 Å². The number of nitrogens with zero attached hydrogens (tertiary/aromatic N) is 3. The highest BCUT2D eigenvalue weighted by molar-refractivity contribution is 6.40. The number of hydrogen-bond donors (Lipinski definition) is 0. The lowest BCUT2D eigenvalue weighted by molar-refractivity contribution is -0.144. The van der Waals surface area contributed by atoms with E-state index in [1.54, 1.807) is 4.90 Å². The second kappa shape index (κ2) is 6.77. The Morgan fingerprint density at radius 2 is 1.89 bits per heavy atom. The average molecular weight is 308 g/mol. The predicted octanol–water partition coefficient (Wildman–Crippen LogP) is 2.19. The Balaban J connectivity index is 3.09. The van der Waals surface area contributed by atoms with Crippen molar-refractivity contribution in [3.63, 3.8) is 0 Å². The van der Waals surface area contributed by atoms with Gasteiger partial charge in [0.05, 0.1) is 0 Å². The quantitative estimate of drug-likeness (QED) is 0.782. The van der Waals surface area contributed by atoms with E-state index in [0.29, 0.717) is 13.1 Å². The van der Waals surface area contributed by atoms with Crippen LogP contribution in [0.5, 0.6) is 0 Å². The molecule has 1 amide bonds. The van der Waals surface area contributed by atoms with E-state index in [1.807, 2.05) is 13.8 Å². The first kappa shape index (κ1) is 15.8. The molecule has 19 heavy (non-hydrogen) atoms. The molecule has 1 aromatic rings. The highest BCUT2D eigenvalue weighted by Crippen LogP contribution is 2.23. The number of hydrogen-bond acceptors (Lipinski definition) is 4. The summed E-state index contributed by atoms with van der Waals surface area (Å²) in [6, 6.07) is 0. The van der Waals surface area contributed by atoms with E-state index in [0.717, 1.165) is 0 Å². The summed E-state index contributed by atoms with van der Waals surface area (Å²) in [5.41, 5.74) is 0. The van der Waals surface area contributed by atoms with Gasteiger partial charge in [0.15, 0.2) is 17.0 Å². The lowest BCUT2D eigenvalue weighted by atomic mass is 10.4. The van der Waals surface area contributed by atoms with Crippen molar-refractivity contribution in [1.82, 2.24) is 14.5 Å². The lowest BCUT2D eigenvalue weighted by Crippen LogP contribution is -2.33. The fourth-order valence-electron chi connectivity index (χ4n) is 1.49. The van der Waals surface area contributed by atoms with Crippen LogP contribution < -0.4 is 0 Å². The fourth-order valence-corrected chi connectivity index (χ4v) is 1.85. The van der Waals surface area contributed by atoms with Crippen molar-refractivity contribution < 1.29 is 14.3 Å². The van der Waals surface area contributed by atoms with Crippen molar-refractivity contribution in [2.24, 2.45) is 0 Å². The summed E-state index contributed by atoms with van der Waals surface area (Å²) in [5, 5.41) is 0.0720. The predicted molar refractivity (Wildman–Crippen MR) is 71.3 cm³/mol. The summed E-state index contributed by atoms with van der Waals surface area (Å²) in [6.45, 7) is 5.83. The highest BCUT2D eigenvalue weighted by atomic mass is 35.5. The van der Waals surface area contributed by atoms with E-state index < -0.39 is 5.97 Å². The van der Waals surface area contributed by atoms with E-state index in [2.05, 4.69) is 4.98 Å². The van der Waals surface area contributed by atoms with E-state index in [1.165, 1.54) is 11.5 Å². The third kappa shape index (κ3) is 3.61. The number of halogens is 2. The zero-order chi connectivity index (χ0) is 14.6. The number of ether oxygens (including phenoxy) is 1. The van der Waals surface area contributed by atoms with Gasteiger partial charge in [0, 0.05) is 20.0 Å². The van der Waals surface area contributed by atoms with Crippen molar-refractivity contribution in [3.05, 3.63) is 16.1 Å². The second-order valence-electron chi connectivity index (χ2n) is 3.69. The van der Waals surface area contributed by atoms with Gasteiger partial charge in [-0.3, -0.25) is 14.2 Å². The molecule has 106 valence electrons. The Labute approximate surface area is 121 Å². The maximum atomic E-state index is 12.2. The second-order valence-corrected chi connectivity index (χ2v) is 4.40. The Morgan fingerprint density at radius 3 is 2.37 bits per heavy atom. The Hall–Kier alpha value is -1.27. The van der Waals surface area contributed by atoms with Crippen LogP contribution in [0, 0.1) is 0 Å². The van der Waals surface area contributed by atoms with Gasteiger partial charge in [-0.05, 0) is 13.8 Å². The summed E-state index contributed by atoms with van der Waals surface area (Å²) in [7, 11) is 0. The van der Waals surface area contributed by atoms with Crippen LogP contribution in [0.1, 0.15) is 31.4 Å². The van der Waals surface area contributed by atoms with Crippen LogP contribution in [-0.4, -0.2) is 39.4 Å². The Kier molecular flexibility index (Phi) is 5.62. The molecule has 0 fully saturated rings. The molecule has 0 N–H and O–H groups in total. The number of imidazole rings is 1. The van der Waals surface area contributed by atoms with Gasteiger partial charge in [-0.1, -0.05) is 23.2 Å². The molecular weight excluding hydrogens is 293 g/mol. The molecule has 8 heteroatoms. The Morgan fingerprint density at radius 1 is 1.32 bits per heavy atom. The molecule has 0 aromatic carbocycles. The van der Waals surface area contributed by atoms with Crippen LogP contribution in [0.25, 0.3) is 0 Å². The molecule has 0 aliphatic carbocycles. The van der Waals surface area contributed by atoms with E-state index >= 15 is 0 Å². The monoisotopic (exact) mass is 307 g/mol. The average Bonchev–Trinajstić information content (AvgIpc) is 2.64. The van der Waals surface area contributed by atoms with Gasteiger partial charge in [0.1, 0.15) is 0 Å². The van der Waals surface area contributed by atoms with Gasteiger partial charge in [0.2, 0.25) is 5.82 Å². The molecule has 0 spiro atoms. The van der Waals surface area contributed by atoms with Crippen molar-refractivity contribution in [2.75, 3.05) is 13.1 Å². The van der Waals surface area contributed by atoms with E-state index in [9.17, 15) is 9.59 Å². The SMILES string of the molecule is CCN(CC)C(=O)c1nc(Cl)c(Cl)n1COC(C)=O. The van der Waals surface area contributed by atoms with Gasteiger partial charge in [-0.2, -0.15) is 0 Å². The third-order valence-corrected chi connectivity index (χ3v) is 3.25. The minimum absolute atomic E-state index is 0.00400. The van der Waals surface area contributed by atoms with Crippen LogP contribution in [0.15, 0.2) is 0 Å². The normalized spacial score (nSPS) is 10.4. The fraction of sp³-hybridized carbons (Fsp3) is 0.545. The molecular formula is C11H15Cl2N3O3. The summed E-state index contributed by atoms with van der Waals surface area (Å²) in [4.78, 5) is 28.5. The van der Waals surface area contributed by atoms with Crippen molar-refractivity contribution in [3.8, 4) is 0 Å². The van der Waals surface area contributed by atoms with Gasteiger partial charge in [-0.25, -0.2) is 4.98 Å². The van der Waals surface area contributed by atoms with Crippen molar-refractivity contribution in [2.45, 2.75) is 27.5 Å². The number of aromatic nitrogens is 2. The molecule has 1 rings (SSSR count). The van der Waals surface area contributed by atoms with E-state index in [-0.39, 0.29) is 28.8 Å². The van der Waals surface area contributed by atoms with E-state index in [4.69, 9.17) is 27.9 Å². The van der Waals surface area contributed by atoms with Crippen molar-refractivity contribution in [1.29, 1.82) is 0 Å². The zero-order valence-corrected chi connectivity index (χ0v) is 12.5. The molecule has 0 atom stereocenters. The number of amides is 1. The van der Waals surface area contributed by atoms with Gasteiger partial charge in [0.25, 0.3) is 5.91 Å². The summed E-state index contributed by atoms with van der Waals surface area (Å²) < 4.78 is 6.10. The van der Waals surface area contributed by atoms with Crippen LogP contribution in [-0.2, 0) is 16.3 Å². The summed E-state index contributed by atoms with van der Waals surface area (Å²) >= 11 is 11.7. The van der Waals surface area contributed by atoms with Gasteiger partial charge < -0.3 is 9.64 Å². The number of carbonyl (C=O) groups is 2. The maximum absolute atomic E-state index is 12.2. The molecule has 0 bridgehead atoms. The molecule has 0 saturated heterocycles. The standard InChI is InChI=1S/C11H15Cl2N3O3/c1-4-15(5-2)11(18)10-14-8(12)9(13)16(10)6-19-7(3)17/h4-6H2,1-3H3. The molecule has 1 heterocycles. The number of esters is 1. The topological polar surface area (TPSA) is 64.4 Å². The largest absolute Gasteiger partial charge is 0.444 e. The van der Waals surface area contributed by atoms with Crippen molar-refractivity contribution >= 4 is 35.1 Å². The molecule has 0 radical (unpaired) electrons. The molecule has 0 saturated carbocycles. The molecule has 1 aromatic heterocycles. The first-order chi connectivity index (χ1) is 8.92. The number of rotatable bonds is 5. The smallest absolute Gasteiger partial charge is 0.304 e. The summed E-state index contributed by atoms with van der Waals surface area (Å²) in [5.74, 6) is -0.743. The first-order valence-corrected chi connectivity index (χ1v) is 6.52. The zero-order valence-electron chi connectivity index (χ0n) is 10.9. The first-order valence-electron chi connectivity index (χ1n) is 5.76. The highest BCUT2D eigenvalue weighted by Gasteiger charge is 2.23. The van der Waals surface area contributed by atoms with Crippen LogP contribution >= 0.6 is 23.2 Å². The Bertz CT molecular complexity index is 484. The molecule has 0 unspecified atom stereocenters. The van der Waals surface area contributed by atoms with Crippen LogP contribution in [0.4, 0.5) is 0 Å². The molecule has 0 aliphatic rings. The third-order valence-electron chi connectivity index (χ3n) is 2.51. The molecule has 6 nitrogen and oxygen atoms in total. The minimum atomic E-state index is -0.484. The van der Waals surface area contributed by atoms with Gasteiger partial charge >= 0.3 is 5.97 Å². The summed E-state index contributed by atoms with van der Waals surface area (Å²) in [6.07, 6.45) is 0. The van der Waals surface area contributed by atoms with Crippen LogP contribution in [0.2, 0.25) is 10.3 Å². The minimum Gasteiger partial charge on any atom is -0.444 e. The number of carbonyl (C=O) groups excluding carboxylic acids is 2. The molecule has 0 aliphatic heterocycles. The maximum Gasteiger partial charge on any atom is 0.304 e. The lowest BCUT2D eigenvalue weighted by Gasteiger charge is -2.18. The van der Waals surface area contributed by atoms with Crippen LogP contribution in [0.3, 0.4) is 0 Å².